The van der Waals surface area contributed by atoms with Crippen LogP contribution in [-0.4, -0.2) is 15.8 Å². The predicted molar refractivity (Wildman–Crippen MR) is 71.5 cm³/mol. The molecule has 1 N–H and O–H groups in total. The highest BCUT2D eigenvalue weighted by Gasteiger charge is 2.11. The van der Waals surface area contributed by atoms with Gasteiger partial charge >= 0.3 is 0 Å². The lowest BCUT2D eigenvalue weighted by Gasteiger charge is -2.12. The molecule has 0 aliphatic heterocycles. The van der Waals surface area contributed by atoms with Gasteiger partial charge in [-0.1, -0.05) is 19.0 Å². The van der Waals surface area contributed by atoms with Crippen LogP contribution in [0.5, 0.6) is 0 Å². The van der Waals surface area contributed by atoms with E-state index in [4.69, 9.17) is 4.52 Å². The fourth-order valence-corrected chi connectivity index (χ4v) is 1.97. The third-order valence-electron chi connectivity index (χ3n) is 3.12. The van der Waals surface area contributed by atoms with Crippen molar-refractivity contribution in [2.24, 2.45) is 0 Å². The van der Waals surface area contributed by atoms with Gasteiger partial charge in [0.25, 0.3) is 0 Å². The van der Waals surface area contributed by atoms with E-state index in [0.29, 0.717) is 6.04 Å². The second-order valence-corrected chi connectivity index (χ2v) is 4.97. The van der Waals surface area contributed by atoms with Crippen LogP contribution in [0.15, 0.2) is 22.9 Å². The topological polar surface area (TPSA) is 43.0 Å². The third-order valence-corrected chi connectivity index (χ3v) is 3.12. The van der Waals surface area contributed by atoms with Gasteiger partial charge in [0.2, 0.25) is 0 Å². The molecule has 98 valence electrons. The van der Waals surface area contributed by atoms with Gasteiger partial charge in [-0.05, 0) is 26.0 Å². The molecule has 4 nitrogen and oxygen atoms in total. The molecule has 18 heavy (non-hydrogen) atoms. The van der Waals surface area contributed by atoms with Gasteiger partial charge in [-0.25, -0.2) is 0 Å². The van der Waals surface area contributed by atoms with Crippen LogP contribution in [0.2, 0.25) is 0 Å². The first-order chi connectivity index (χ1) is 8.58. The molecule has 4 heteroatoms. The van der Waals surface area contributed by atoms with E-state index < -0.39 is 0 Å². The van der Waals surface area contributed by atoms with E-state index in [1.807, 2.05) is 13.8 Å². The van der Waals surface area contributed by atoms with Crippen molar-refractivity contribution < 1.29 is 4.52 Å². The zero-order chi connectivity index (χ0) is 13.1. The second kappa shape index (κ2) is 5.40. The summed E-state index contributed by atoms with van der Waals surface area (Å²) in [5, 5.41) is 7.43. The molecule has 0 saturated carbocycles. The summed E-state index contributed by atoms with van der Waals surface area (Å²) in [5.74, 6) is 0.906. The molecule has 0 saturated heterocycles. The van der Waals surface area contributed by atoms with Crippen molar-refractivity contribution in [3.63, 3.8) is 0 Å². The minimum absolute atomic E-state index is 0.493. The average molecular weight is 247 g/mol. The largest absolute Gasteiger partial charge is 0.361 e. The van der Waals surface area contributed by atoms with Crippen molar-refractivity contribution in [3.8, 4) is 0 Å². The van der Waals surface area contributed by atoms with Gasteiger partial charge in [0.05, 0.1) is 12.2 Å². The molecule has 0 spiro atoms. The van der Waals surface area contributed by atoms with Crippen molar-refractivity contribution in [3.05, 3.63) is 41.0 Å². The van der Waals surface area contributed by atoms with Gasteiger partial charge in [0.15, 0.2) is 0 Å². The first kappa shape index (κ1) is 12.9. The Hall–Kier alpha value is -1.55. The second-order valence-electron chi connectivity index (χ2n) is 4.97. The summed E-state index contributed by atoms with van der Waals surface area (Å²) < 4.78 is 7.44. The maximum Gasteiger partial charge on any atom is 0.138 e. The lowest BCUT2D eigenvalue weighted by Crippen LogP contribution is -2.23. The van der Waals surface area contributed by atoms with Crippen molar-refractivity contribution in [2.75, 3.05) is 0 Å². The molecule has 0 fully saturated rings. The molecule has 0 aliphatic carbocycles. The van der Waals surface area contributed by atoms with Gasteiger partial charge in [-0.3, -0.25) is 0 Å². The fourth-order valence-electron chi connectivity index (χ4n) is 1.97. The number of aromatic nitrogens is 2. The van der Waals surface area contributed by atoms with Crippen LogP contribution in [0, 0.1) is 13.8 Å². The number of hydrogen-bond acceptors (Lipinski definition) is 3. The highest BCUT2D eigenvalue weighted by molar-refractivity contribution is 5.22. The standard InChI is InChI=1S/C14H21N3O/c1-10(2)15-8-13-6-5-7-17(13)9-14-11(3)16-18-12(14)4/h5-7,10,15H,8-9H2,1-4H3. The van der Waals surface area contributed by atoms with Crippen LogP contribution in [0.4, 0.5) is 0 Å². The molecule has 0 aromatic carbocycles. The van der Waals surface area contributed by atoms with E-state index in [0.717, 1.165) is 24.5 Å². The smallest absolute Gasteiger partial charge is 0.138 e. The van der Waals surface area contributed by atoms with Crippen molar-refractivity contribution >= 4 is 0 Å². The molecule has 0 atom stereocenters. The van der Waals surface area contributed by atoms with Crippen LogP contribution in [-0.2, 0) is 13.1 Å². The molecule has 0 amide bonds. The lowest BCUT2D eigenvalue weighted by molar-refractivity contribution is 0.392. The Morgan fingerprint density at radius 2 is 2.17 bits per heavy atom. The molecule has 0 unspecified atom stereocenters. The number of rotatable bonds is 5. The Kier molecular flexibility index (Phi) is 3.87. The van der Waals surface area contributed by atoms with Crippen molar-refractivity contribution in [2.45, 2.75) is 46.8 Å². The quantitative estimate of drug-likeness (QED) is 0.883. The van der Waals surface area contributed by atoms with E-state index in [-0.39, 0.29) is 0 Å². The minimum Gasteiger partial charge on any atom is -0.361 e. The molecule has 2 aromatic rings. The predicted octanol–water partition coefficient (Wildman–Crippen LogP) is 2.64. The van der Waals surface area contributed by atoms with E-state index in [1.54, 1.807) is 0 Å². The molecule has 2 aromatic heterocycles. The molecule has 0 radical (unpaired) electrons. The summed E-state index contributed by atoms with van der Waals surface area (Å²) in [6, 6.07) is 4.72. The van der Waals surface area contributed by atoms with Crippen LogP contribution in [0.3, 0.4) is 0 Å². The Balaban J connectivity index is 2.12. The molecule has 0 aliphatic rings. The Labute approximate surface area is 108 Å². The summed E-state index contributed by atoms with van der Waals surface area (Å²) in [6.07, 6.45) is 2.10. The van der Waals surface area contributed by atoms with E-state index in [2.05, 4.69) is 47.2 Å². The number of nitrogens with one attached hydrogen (secondary N) is 1. The Morgan fingerprint density at radius 3 is 2.78 bits per heavy atom. The average Bonchev–Trinajstić information content (AvgIpc) is 2.88. The van der Waals surface area contributed by atoms with Crippen LogP contribution < -0.4 is 5.32 Å². The molecular formula is C14H21N3O. The highest BCUT2D eigenvalue weighted by Crippen LogP contribution is 2.15. The van der Waals surface area contributed by atoms with Crippen LogP contribution in [0.25, 0.3) is 0 Å². The first-order valence-corrected chi connectivity index (χ1v) is 6.37. The number of hydrogen-bond donors (Lipinski definition) is 1. The van der Waals surface area contributed by atoms with Gasteiger partial charge in [0, 0.05) is 30.0 Å². The van der Waals surface area contributed by atoms with Gasteiger partial charge in [-0.2, -0.15) is 0 Å². The zero-order valence-corrected chi connectivity index (χ0v) is 11.5. The normalized spacial score (nSPS) is 11.4. The third kappa shape index (κ3) is 2.82. The maximum absolute atomic E-state index is 5.20. The van der Waals surface area contributed by atoms with Gasteiger partial charge in [0.1, 0.15) is 5.76 Å². The van der Waals surface area contributed by atoms with Crippen LogP contribution >= 0.6 is 0 Å². The SMILES string of the molecule is Cc1noc(C)c1Cn1cccc1CNC(C)C. The monoisotopic (exact) mass is 247 g/mol. The van der Waals surface area contributed by atoms with E-state index >= 15 is 0 Å². The molecule has 2 heterocycles. The Bertz CT molecular complexity index is 491. The zero-order valence-electron chi connectivity index (χ0n) is 11.5. The lowest BCUT2D eigenvalue weighted by atomic mass is 10.2. The van der Waals surface area contributed by atoms with Gasteiger partial charge < -0.3 is 14.4 Å². The molecule has 2 rings (SSSR count). The van der Waals surface area contributed by atoms with E-state index in [1.165, 1.54) is 11.3 Å². The van der Waals surface area contributed by atoms with Crippen molar-refractivity contribution in [1.29, 1.82) is 0 Å². The highest BCUT2D eigenvalue weighted by atomic mass is 16.5. The Morgan fingerprint density at radius 1 is 1.39 bits per heavy atom. The molecule has 0 bridgehead atoms. The molecular weight excluding hydrogens is 226 g/mol. The maximum atomic E-state index is 5.20. The number of nitrogens with zero attached hydrogens (tertiary/aromatic N) is 2. The van der Waals surface area contributed by atoms with Gasteiger partial charge in [-0.15, -0.1) is 0 Å². The summed E-state index contributed by atoms with van der Waals surface area (Å²) in [5.41, 5.74) is 3.43. The van der Waals surface area contributed by atoms with Crippen molar-refractivity contribution in [1.82, 2.24) is 15.0 Å². The summed E-state index contributed by atoms with van der Waals surface area (Å²) in [4.78, 5) is 0. The first-order valence-electron chi connectivity index (χ1n) is 6.37. The summed E-state index contributed by atoms with van der Waals surface area (Å²) in [6.45, 7) is 9.96. The minimum atomic E-state index is 0.493. The summed E-state index contributed by atoms with van der Waals surface area (Å²) in [7, 11) is 0. The van der Waals surface area contributed by atoms with E-state index in [9.17, 15) is 0 Å². The van der Waals surface area contributed by atoms with Crippen LogP contribution in [0.1, 0.15) is 36.6 Å². The fraction of sp³-hybridized carbons (Fsp3) is 0.500. The number of aryl methyl sites for hydroxylation is 2. The summed E-state index contributed by atoms with van der Waals surface area (Å²) >= 11 is 0.